The Kier molecular flexibility index (Phi) is 3.69. The van der Waals surface area contributed by atoms with Gasteiger partial charge in [-0.15, -0.1) is 0 Å². The largest absolute Gasteiger partial charge is 0.490 e. The molecule has 20 heavy (non-hydrogen) atoms. The van der Waals surface area contributed by atoms with Crippen molar-refractivity contribution in [2.45, 2.75) is 25.1 Å². The summed E-state index contributed by atoms with van der Waals surface area (Å²) in [6, 6.07) is 2.60. The first-order chi connectivity index (χ1) is 9.31. The predicted octanol–water partition coefficient (Wildman–Crippen LogP) is 2.76. The van der Waals surface area contributed by atoms with Crippen LogP contribution < -0.4 is 4.74 Å². The van der Waals surface area contributed by atoms with Gasteiger partial charge in [0.25, 0.3) is 0 Å². The zero-order chi connectivity index (χ0) is 14.9. The van der Waals surface area contributed by atoms with Crippen molar-refractivity contribution >= 4 is 12.3 Å². The van der Waals surface area contributed by atoms with Gasteiger partial charge in [0.1, 0.15) is 11.9 Å². The Morgan fingerprint density at radius 1 is 1.35 bits per heavy atom. The van der Waals surface area contributed by atoms with Crippen molar-refractivity contribution in [3.05, 3.63) is 29.3 Å². The van der Waals surface area contributed by atoms with Crippen LogP contribution in [0.2, 0.25) is 0 Å². The van der Waals surface area contributed by atoms with E-state index in [0.717, 1.165) is 18.2 Å². The molecule has 2 rings (SSSR count). The minimum atomic E-state index is -4.53. The van der Waals surface area contributed by atoms with Crippen molar-refractivity contribution in [2.75, 3.05) is 0 Å². The first-order valence-electron chi connectivity index (χ1n) is 5.87. The fourth-order valence-electron chi connectivity index (χ4n) is 1.95. The number of aldehydes is 1. The van der Waals surface area contributed by atoms with E-state index in [1.54, 1.807) is 0 Å². The normalized spacial score (nSPS) is 21.9. The molecule has 0 bridgehead atoms. The fraction of sp³-hybridized carbons (Fsp3) is 0.385. The SMILES string of the molecule is O=Cc1ccc(C(F)(F)F)cc1OC1CC(C(=O)O)C1. The van der Waals surface area contributed by atoms with E-state index in [0.29, 0.717) is 6.29 Å². The van der Waals surface area contributed by atoms with Crippen molar-refractivity contribution in [1.82, 2.24) is 0 Å². The van der Waals surface area contributed by atoms with Gasteiger partial charge < -0.3 is 9.84 Å². The molecule has 0 radical (unpaired) electrons. The minimum Gasteiger partial charge on any atom is -0.490 e. The molecular weight excluding hydrogens is 277 g/mol. The summed E-state index contributed by atoms with van der Waals surface area (Å²) in [6.07, 6.45) is -4.14. The van der Waals surface area contributed by atoms with E-state index in [-0.39, 0.29) is 24.2 Å². The highest BCUT2D eigenvalue weighted by Gasteiger charge is 2.37. The molecule has 0 aliphatic heterocycles. The van der Waals surface area contributed by atoms with E-state index in [2.05, 4.69) is 0 Å². The summed E-state index contributed by atoms with van der Waals surface area (Å²) in [4.78, 5) is 21.4. The monoisotopic (exact) mass is 288 g/mol. The molecular formula is C13H11F3O4. The Balaban J connectivity index is 2.14. The Hall–Kier alpha value is -2.05. The maximum atomic E-state index is 12.6. The van der Waals surface area contributed by atoms with E-state index in [9.17, 15) is 22.8 Å². The molecule has 1 aliphatic rings. The van der Waals surface area contributed by atoms with Crippen LogP contribution in [0.1, 0.15) is 28.8 Å². The molecule has 4 nitrogen and oxygen atoms in total. The molecule has 1 aromatic rings. The number of rotatable bonds is 4. The smallest absolute Gasteiger partial charge is 0.416 e. The van der Waals surface area contributed by atoms with Crippen molar-refractivity contribution in [1.29, 1.82) is 0 Å². The van der Waals surface area contributed by atoms with Crippen molar-refractivity contribution < 1.29 is 32.6 Å². The first-order valence-corrected chi connectivity index (χ1v) is 5.87. The summed E-state index contributed by atoms with van der Waals surface area (Å²) in [5.74, 6) is -1.65. The van der Waals surface area contributed by atoms with Gasteiger partial charge in [-0.05, 0) is 31.0 Å². The molecule has 0 aromatic heterocycles. The van der Waals surface area contributed by atoms with Crippen LogP contribution in [0.25, 0.3) is 0 Å². The fourth-order valence-corrected chi connectivity index (χ4v) is 1.95. The van der Waals surface area contributed by atoms with Crippen LogP contribution in [0.4, 0.5) is 13.2 Å². The lowest BCUT2D eigenvalue weighted by molar-refractivity contribution is -0.147. The third kappa shape index (κ3) is 2.92. The maximum Gasteiger partial charge on any atom is 0.416 e. The standard InChI is InChI=1S/C13H11F3O4/c14-13(15,16)9-2-1-7(6-17)11(5-9)20-10-3-8(4-10)12(18)19/h1-2,5-6,8,10H,3-4H2,(H,18,19). The molecule has 0 amide bonds. The third-order valence-electron chi connectivity index (χ3n) is 3.21. The zero-order valence-corrected chi connectivity index (χ0v) is 10.2. The number of benzene rings is 1. The van der Waals surface area contributed by atoms with E-state index < -0.39 is 29.7 Å². The lowest BCUT2D eigenvalue weighted by Crippen LogP contribution is -2.38. The molecule has 0 spiro atoms. The number of carbonyl (C=O) groups excluding carboxylic acids is 1. The second-order valence-electron chi connectivity index (χ2n) is 4.61. The second kappa shape index (κ2) is 5.15. The molecule has 1 aromatic carbocycles. The predicted molar refractivity (Wildman–Crippen MR) is 61.6 cm³/mol. The number of halogens is 3. The van der Waals surface area contributed by atoms with Gasteiger partial charge in [-0.2, -0.15) is 13.2 Å². The average molecular weight is 288 g/mol. The van der Waals surface area contributed by atoms with Gasteiger partial charge in [0.2, 0.25) is 0 Å². The Labute approximate surface area is 112 Å². The quantitative estimate of drug-likeness (QED) is 0.865. The third-order valence-corrected chi connectivity index (χ3v) is 3.21. The molecule has 7 heteroatoms. The molecule has 0 atom stereocenters. The van der Waals surface area contributed by atoms with Crippen LogP contribution >= 0.6 is 0 Å². The van der Waals surface area contributed by atoms with E-state index in [1.807, 2.05) is 0 Å². The number of ether oxygens (including phenoxy) is 1. The Bertz CT molecular complexity index is 533. The molecule has 108 valence electrons. The Morgan fingerprint density at radius 2 is 2.00 bits per heavy atom. The number of carboxylic acids is 1. The highest BCUT2D eigenvalue weighted by Crippen LogP contribution is 2.36. The van der Waals surface area contributed by atoms with Gasteiger partial charge in [0, 0.05) is 0 Å². The summed E-state index contributed by atoms with van der Waals surface area (Å²) < 4.78 is 43.0. The van der Waals surface area contributed by atoms with E-state index >= 15 is 0 Å². The van der Waals surface area contributed by atoms with Crippen molar-refractivity contribution in [3.8, 4) is 5.75 Å². The van der Waals surface area contributed by atoms with Gasteiger partial charge >= 0.3 is 12.1 Å². The number of carbonyl (C=O) groups is 2. The molecule has 1 aliphatic carbocycles. The zero-order valence-electron chi connectivity index (χ0n) is 10.2. The van der Waals surface area contributed by atoms with Gasteiger partial charge in [0.15, 0.2) is 6.29 Å². The van der Waals surface area contributed by atoms with Crippen LogP contribution in [0.5, 0.6) is 5.75 Å². The molecule has 1 saturated carbocycles. The van der Waals surface area contributed by atoms with E-state index in [4.69, 9.17) is 9.84 Å². The highest BCUT2D eigenvalue weighted by molar-refractivity contribution is 5.79. The topological polar surface area (TPSA) is 63.6 Å². The van der Waals surface area contributed by atoms with Crippen molar-refractivity contribution in [3.63, 3.8) is 0 Å². The number of aliphatic carboxylic acids is 1. The number of carboxylic acid groups (broad SMARTS) is 1. The summed E-state index contributed by atoms with van der Waals surface area (Å²) >= 11 is 0. The van der Waals surface area contributed by atoms with Crippen molar-refractivity contribution in [2.24, 2.45) is 5.92 Å². The molecule has 1 N–H and O–H groups in total. The summed E-state index contributed by atoms with van der Waals surface area (Å²) in [5.41, 5.74) is -0.899. The van der Waals surface area contributed by atoms with Crippen LogP contribution in [-0.4, -0.2) is 23.5 Å². The van der Waals surface area contributed by atoms with Gasteiger partial charge in [0.05, 0.1) is 17.0 Å². The van der Waals surface area contributed by atoms with Crippen LogP contribution in [-0.2, 0) is 11.0 Å². The minimum absolute atomic E-state index is 0.0109. The molecule has 0 saturated heterocycles. The van der Waals surface area contributed by atoms with Crippen LogP contribution in [0.3, 0.4) is 0 Å². The summed E-state index contributed by atoms with van der Waals surface area (Å²) in [5, 5.41) is 8.71. The maximum absolute atomic E-state index is 12.6. The highest BCUT2D eigenvalue weighted by atomic mass is 19.4. The summed E-state index contributed by atoms with van der Waals surface area (Å²) in [6.45, 7) is 0. The average Bonchev–Trinajstić information content (AvgIpc) is 2.31. The van der Waals surface area contributed by atoms with Gasteiger partial charge in [-0.3, -0.25) is 9.59 Å². The Morgan fingerprint density at radius 3 is 2.50 bits per heavy atom. The van der Waals surface area contributed by atoms with Crippen LogP contribution in [0, 0.1) is 5.92 Å². The van der Waals surface area contributed by atoms with Crippen LogP contribution in [0.15, 0.2) is 18.2 Å². The van der Waals surface area contributed by atoms with E-state index in [1.165, 1.54) is 0 Å². The van der Waals surface area contributed by atoms with Gasteiger partial charge in [-0.1, -0.05) is 0 Å². The molecule has 0 unspecified atom stereocenters. The number of alkyl halides is 3. The lowest BCUT2D eigenvalue weighted by atomic mass is 9.82. The second-order valence-corrected chi connectivity index (χ2v) is 4.61. The van der Waals surface area contributed by atoms with Gasteiger partial charge in [-0.25, -0.2) is 0 Å². The molecule has 0 heterocycles. The molecule has 1 fully saturated rings. The lowest BCUT2D eigenvalue weighted by Gasteiger charge is -2.32. The summed E-state index contributed by atoms with van der Waals surface area (Å²) in [7, 11) is 0. The number of hydrogen-bond donors (Lipinski definition) is 1. The first kappa shape index (κ1) is 14.4. The number of hydrogen-bond acceptors (Lipinski definition) is 3.